The smallest absolute Gasteiger partial charge is 0.180 e. The van der Waals surface area contributed by atoms with Gasteiger partial charge in [0, 0.05) is 23.8 Å². The van der Waals surface area contributed by atoms with Crippen molar-refractivity contribution < 1.29 is 0 Å². The molecule has 0 bridgehead atoms. The Morgan fingerprint density at radius 2 is 2.29 bits per heavy atom. The van der Waals surface area contributed by atoms with E-state index in [1.807, 2.05) is 16.8 Å². The molecule has 21 heavy (non-hydrogen) atoms. The summed E-state index contributed by atoms with van der Waals surface area (Å²) < 4.78 is 1.99. The van der Waals surface area contributed by atoms with Gasteiger partial charge in [-0.1, -0.05) is 13.0 Å². The van der Waals surface area contributed by atoms with Gasteiger partial charge in [0.05, 0.1) is 12.2 Å². The molecular weight excluding hydrogens is 282 g/mol. The van der Waals surface area contributed by atoms with Crippen molar-refractivity contribution in [3.8, 4) is 0 Å². The van der Waals surface area contributed by atoms with Crippen LogP contribution in [0.25, 0.3) is 5.65 Å². The summed E-state index contributed by atoms with van der Waals surface area (Å²) in [6.45, 7) is 5.08. The number of anilines is 2. The quantitative estimate of drug-likeness (QED) is 0.727. The molecule has 0 spiro atoms. The molecule has 3 aromatic heterocycles. The van der Waals surface area contributed by atoms with Gasteiger partial charge in [0.15, 0.2) is 11.5 Å². The molecule has 3 aromatic rings. The largest absolute Gasteiger partial charge is 0.369 e. The number of hydrogen-bond acceptors (Lipinski definition) is 5. The summed E-state index contributed by atoms with van der Waals surface area (Å²) >= 11 is 1.76. The Balaban J connectivity index is 1.96. The first kappa shape index (κ1) is 13.9. The third-order valence-electron chi connectivity index (χ3n) is 3.34. The third-order valence-corrected chi connectivity index (χ3v) is 4.32. The SMILES string of the molecule is CCNc1cn2ccnc2c(NC(CC)c2cccs2)n1. The van der Waals surface area contributed by atoms with Gasteiger partial charge < -0.3 is 15.0 Å². The fraction of sp³-hybridized carbons (Fsp3) is 0.333. The Bertz CT molecular complexity index is 704. The third kappa shape index (κ3) is 2.85. The maximum atomic E-state index is 4.66. The summed E-state index contributed by atoms with van der Waals surface area (Å²) in [6.07, 6.45) is 6.70. The van der Waals surface area contributed by atoms with Crippen LogP contribution in [0.3, 0.4) is 0 Å². The first-order valence-electron chi connectivity index (χ1n) is 7.19. The second kappa shape index (κ2) is 6.13. The number of nitrogens with one attached hydrogen (secondary N) is 2. The van der Waals surface area contributed by atoms with Crippen molar-refractivity contribution in [3.63, 3.8) is 0 Å². The average molecular weight is 301 g/mol. The molecule has 1 atom stereocenters. The van der Waals surface area contributed by atoms with Gasteiger partial charge in [-0.3, -0.25) is 0 Å². The molecule has 110 valence electrons. The standard InChI is InChI=1S/C15H19N5S/c1-3-11(12-6-5-9-21-12)18-14-15-17-7-8-20(15)10-13(19-14)16-4-2/h5-11,16H,3-4H2,1-2H3,(H,18,19). The van der Waals surface area contributed by atoms with Crippen molar-refractivity contribution in [2.75, 3.05) is 17.2 Å². The zero-order valence-electron chi connectivity index (χ0n) is 12.2. The molecule has 1 unspecified atom stereocenters. The predicted molar refractivity (Wildman–Crippen MR) is 88.1 cm³/mol. The van der Waals surface area contributed by atoms with Crippen LogP contribution in [0.4, 0.5) is 11.6 Å². The number of aromatic nitrogens is 3. The minimum absolute atomic E-state index is 0.259. The number of thiophene rings is 1. The van der Waals surface area contributed by atoms with Crippen LogP contribution in [0.1, 0.15) is 31.2 Å². The number of imidazole rings is 1. The monoisotopic (exact) mass is 301 g/mol. The van der Waals surface area contributed by atoms with Crippen molar-refractivity contribution in [2.24, 2.45) is 0 Å². The molecule has 3 rings (SSSR count). The van der Waals surface area contributed by atoms with Gasteiger partial charge >= 0.3 is 0 Å². The number of hydrogen-bond donors (Lipinski definition) is 2. The van der Waals surface area contributed by atoms with Gasteiger partial charge in [0.1, 0.15) is 5.82 Å². The van der Waals surface area contributed by atoms with Crippen LogP contribution >= 0.6 is 11.3 Å². The lowest BCUT2D eigenvalue weighted by Crippen LogP contribution is -2.12. The molecule has 0 amide bonds. The minimum atomic E-state index is 0.259. The van der Waals surface area contributed by atoms with E-state index in [1.54, 1.807) is 17.5 Å². The Labute approximate surface area is 128 Å². The summed E-state index contributed by atoms with van der Waals surface area (Å²) in [7, 11) is 0. The van der Waals surface area contributed by atoms with Crippen LogP contribution in [0, 0.1) is 0 Å². The van der Waals surface area contributed by atoms with Gasteiger partial charge in [-0.05, 0) is 24.8 Å². The lowest BCUT2D eigenvalue weighted by Gasteiger charge is -2.17. The molecule has 0 aliphatic heterocycles. The van der Waals surface area contributed by atoms with Crippen LogP contribution < -0.4 is 10.6 Å². The molecule has 5 nitrogen and oxygen atoms in total. The predicted octanol–water partition coefficient (Wildman–Crippen LogP) is 3.79. The molecule has 0 radical (unpaired) electrons. The van der Waals surface area contributed by atoms with Crippen LogP contribution in [0.5, 0.6) is 0 Å². The Morgan fingerprint density at radius 3 is 3.00 bits per heavy atom. The fourth-order valence-corrected chi connectivity index (χ4v) is 3.19. The van der Waals surface area contributed by atoms with E-state index in [4.69, 9.17) is 0 Å². The Hall–Kier alpha value is -2.08. The maximum Gasteiger partial charge on any atom is 0.180 e. The second-order valence-corrected chi connectivity index (χ2v) is 5.76. The molecule has 0 aromatic carbocycles. The van der Waals surface area contributed by atoms with Gasteiger partial charge in [-0.25, -0.2) is 9.97 Å². The summed E-state index contributed by atoms with van der Waals surface area (Å²) in [5.41, 5.74) is 0.853. The molecule has 3 heterocycles. The van der Waals surface area contributed by atoms with Crippen LogP contribution in [0.15, 0.2) is 36.1 Å². The Morgan fingerprint density at radius 1 is 1.38 bits per heavy atom. The van der Waals surface area contributed by atoms with Gasteiger partial charge in [0.25, 0.3) is 0 Å². The van der Waals surface area contributed by atoms with E-state index < -0.39 is 0 Å². The van der Waals surface area contributed by atoms with Crippen molar-refractivity contribution in [2.45, 2.75) is 26.3 Å². The molecule has 0 aliphatic carbocycles. The first-order chi connectivity index (χ1) is 10.3. The van der Waals surface area contributed by atoms with Gasteiger partial charge in [-0.2, -0.15) is 0 Å². The lowest BCUT2D eigenvalue weighted by molar-refractivity contribution is 0.758. The van der Waals surface area contributed by atoms with Crippen LogP contribution in [-0.2, 0) is 0 Å². The highest BCUT2D eigenvalue weighted by atomic mass is 32.1. The highest BCUT2D eigenvalue weighted by Crippen LogP contribution is 2.27. The van der Waals surface area contributed by atoms with E-state index in [2.05, 4.69) is 52.0 Å². The zero-order chi connectivity index (χ0) is 14.7. The van der Waals surface area contributed by atoms with Crippen molar-refractivity contribution in [1.82, 2.24) is 14.4 Å². The zero-order valence-corrected chi connectivity index (χ0v) is 13.0. The van der Waals surface area contributed by atoms with E-state index in [0.717, 1.165) is 30.2 Å². The fourth-order valence-electron chi connectivity index (χ4n) is 2.32. The van der Waals surface area contributed by atoms with Crippen LogP contribution in [0.2, 0.25) is 0 Å². The maximum absolute atomic E-state index is 4.66. The van der Waals surface area contributed by atoms with Crippen LogP contribution in [-0.4, -0.2) is 20.9 Å². The highest BCUT2D eigenvalue weighted by molar-refractivity contribution is 7.10. The molecule has 0 saturated carbocycles. The first-order valence-corrected chi connectivity index (χ1v) is 8.07. The molecule has 0 saturated heterocycles. The van der Waals surface area contributed by atoms with E-state index in [1.165, 1.54) is 4.88 Å². The number of rotatable bonds is 6. The molecular formula is C15H19N5S. The second-order valence-electron chi connectivity index (χ2n) is 4.78. The summed E-state index contributed by atoms with van der Waals surface area (Å²) in [5, 5.41) is 8.90. The topological polar surface area (TPSA) is 54.2 Å². The van der Waals surface area contributed by atoms with E-state index in [0.29, 0.717) is 0 Å². The van der Waals surface area contributed by atoms with E-state index in [9.17, 15) is 0 Å². The molecule has 6 heteroatoms. The molecule has 2 N–H and O–H groups in total. The van der Waals surface area contributed by atoms with Gasteiger partial charge in [-0.15, -0.1) is 11.3 Å². The summed E-state index contributed by atoms with van der Waals surface area (Å²) in [4.78, 5) is 10.4. The lowest BCUT2D eigenvalue weighted by atomic mass is 10.2. The van der Waals surface area contributed by atoms with Gasteiger partial charge in [0.2, 0.25) is 0 Å². The molecule has 0 fully saturated rings. The number of fused-ring (bicyclic) bond motifs is 1. The highest BCUT2D eigenvalue weighted by Gasteiger charge is 2.14. The summed E-state index contributed by atoms with van der Waals surface area (Å²) in [5.74, 6) is 1.67. The van der Waals surface area contributed by atoms with Crippen molar-refractivity contribution in [3.05, 3.63) is 41.0 Å². The molecule has 0 aliphatic rings. The average Bonchev–Trinajstić information content (AvgIpc) is 3.15. The summed E-state index contributed by atoms with van der Waals surface area (Å²) in [6, 6.07) is 4.50. The normalized spacial score (nSPS) is 12.5. The van der Waals surface area contributed by atoms with Crippen molar-refractivity contribution in [1.29, 1.82) is 0 Å². The minimum Gasteiger partial charge on any atom is -0.369 e. The van der Waals surface area contributed by atoms with E-state index >= 15 is 0 Å². The van der Waals surface area contributed by atoms with Crippen molar-refractivity contribution >= 4 is 28.6 Å². The van der Waals surface area contributed by atoms with E-state index in [-0.39, 0.29) is 6.04 Å². The number of nitrogens with zero attached hydrogens (tertiary/aromatic N) is 3. The Kier molecular flexibility index (Phi) is 4.06.